The minimum atomic E-state index is -1.06. The maximum atomic E-state index is 5.74. The Morgan fingerprint density at radius 3 is 2.27 bits per heavy atom. The van der Waals surface area contributed by atoms with Crippen LogP contribution in [0, 0.1) is 0 Å². The van der Waals surface area contributed by atoms with Crippen molar-refractivity contribution < 1.29 is 18.9 Å². The van der Waals surface area contributed by atoms with E-state index in [1.807, 2.05) is 12.1 Å². The molecule has 22 heavy (non-hydrogen) atoms. The van der Waals surface area contributed by atoms with Crippen LogP contribution in [0.25, 0.3) is 0 Å². The normalized spacial score (nSPS) is 22.0. The smallest absolute Gasteiger partial charge is 0.319 e. The SMILES string of the molecule is COC1(COc2ccc(N3CCN(C)CC3)cc2)OCCO1. The Balaban J connectivity index is 1.55. The lowest BCUT2D eigenvalue weighted by atomic mass is 10.2. The van der Waals surface area contributed by atoms with E-state index in [1.54, 1.807) is 7.11 Å². The van der Waals surface area contributed by atoms with Crippen molar-refractivity contribution >= 4 is 5.69 Å². The number of piperazine rings is 1. The molecule has 0 atom stereocenters. The lowest BCUT2D eigenvalue weighted by molar-refractivity contribution is -0.330. The van der Waals surface area contributed by atoms with Crippen molar-refractivity contribution in [2.75, 3.05) is 65.1 Å². The van der Waals surface area contributed by atoms with Crippen LogP contribution in [0.1, 0.15) is 0 Å². The fourth-order valence-electron chi connectivity index (χ4n) is 2.69. The Kier molecular flexibility index (Phi) is 4.83. The molecule has 0 radical (unpaired) electrons. The molecule has 6 heteroatoms. The Morgan fingerprint density at radius 1 is 1.05 bits per heavy atom. The first-order valence-electron chi connectivity index (χ1n) is 7.70. The summed E-state index contributed by atoms with van der Waals surface area (Å²) in [5, 5.41) is 0. The Labute approximate surface area is 131 Å². The largest absolute Gasteiger partial charge is 0.485 e. The molecule has 2 aliphatic heterocycles. The molecule has 0 bridgehead atoms. The Bertz CT molecular complexity index is 466. The van der Waals surface area contributed by atoms with E-state index in [9.17, 15) is 0 Å². The number of hydrogen-bond acceptors (Lipinski definition) is 6. The number of ether oxygens (including phenoxy) is 4. The number of rotatable bonds is 5. The van der Waals surface area contributed by atoms with Crippen LogP contribution in [-0.2, 0) is 14.2 Å². The van der Waals surface area contributed by atoms with Crippen LogP contribution in [0.15, 0.2) is 24.3 Å². The van der Waals surface area contributed by atoms with Gasteiger partial charge in [-0.1, -0.05) is 0 Å². The van der Waals surface area contributed by atoms with Gasteiger partial charge in [0.15, 0.2) is 6.61 Å². The van der Waals surface area contributed by atoms with Gasteiger partial charge in [0.25, 0.3) is 0 Å². The van der Waals surface area contributed by atoms with Crippen molar-refractivity contribution in [1.82, 2.24) is 4.90 Å². The van der Waals surface area contributed by atoms with E-state index in [0.29, 0.717) is 13.2 Å². The average Bonchev–Trinajstić information content (AvgIpc) is 3.04. The number of benzene rings is 1. The van der Waals surface area contributed by atoms with Crippen LogP contribution >= 0.6 is 0 Å². The fraction of sp³-hybridized carbons (Fsp3) is 0.625. The van der Waals surface area contributed by atoms with Gasteiger partial charge in [-0.3, -0.25) is 0 Å². The van der Waals surface area contributed by atoms with Crippen molar-refractivity contribution in [2.45, 2.75) is 5.97 Å². The maximum Gasteiger partial charge on any atom is 0.319 e. The molecule has 1 aromatic rings. The topological polar surface area (TPSA) is 43.4 Å². The second-order valence-corrected chi connectivity index (χ2v) is 5.66. The van der Waals surface area contributed by atoms with E-state index in [2.05, 4.69) is 29.0 Å². The number of methoxy groups -OCH3 is 1. The molecular weight excluding hydrogens is 284 g/mol. The average molecular weight is 308 g/mol. The first kappa shape index (κ1) is 15.6. The summed E-state index contributed by atoms with van der Waals surface area (Å²) < 4.78 is 21.9. The standard InChI is InChI=1S/C16H24N2O4/c1-17-7-9-18(10-8-17)14-3-5-15(6-4-14)20-13-16(19-2)21-11-12-22-16/h3-6H,7-13H2,1-2H3. The molecule has 2 heterocycles. The van der Waals surface area contributed by atoms with E-state index < -0.39 is 5.97 Å². The lowest BCUT2D eigenvalue weighted by Gasteiger charge is -2.34. The zero-order valence-electron chi connectivity index (χ0n) is 13.3. The zero-order valence-corrected chi connectivity index (χ0v) is 13.3. The van der Waals surface area contributed by atoms with Gasteiger partial charge < -0.3 is 28.7 Å². The monoisotopic (exact) mass is 308 g/mol. The minimum Gasteiger partial charge on any atom is -0.485 e. The highest BCUT2D eigenvalue weighted by Crippen LogP contribution is 2.24. The van der Waals surface area contributed by atoms with Gasteiger partial charge in [-0.15, -0.1) is 0 Å². The van der Waals surface area contributed by atoms with Crippen LogP contribution in [0.3, 0.4) is 0 Å². The summed E-state index contributed by atoms with van der Waals surface area (Å²) in [6.45, 7) is 5.60. The van der Waals surface area contributed by atoms with Crippen LogP contribution < -0.4 is 9.64 Å². The molecule has 1 aromatic carbocycles. The molecule has 2 saturated heterocycles. The maximum absolute atomic E-state index is 5.74. The predicted octanol–water partition coefficient (Wildman–Crippen LogP) is 1.16. The molecule has 2 aliphatic rings. The molecule has 0 saturated carbocycles. The van der Waals surface area contributed by atoms with Crippen molar-refractivity contribution in [2.24, 2.45) is 0 Å². The third-order valence-electron chi connectivity index (χ3n) is 4.16. The van der Waals surface area contributed by atoms with Gasteiger partial charge in [-0.05, 0) is 31.3 Å². The summed E-state index contributed by atoms with van der Waals surface area (Å²) in [5.74, 6) is -0.274. The number of likely N-dealkylation sites (N-methyl/N-ethyl adjacent to an activating group) is 1. The minimum absolute atomic E-state index is 0.220. The zero-order chi connectivity index (χ0) is 15.4. The summed E-state index contributed by atoms with van der Waals surface area (Å²) in [4.78, 5) is 4.74. The predicted molar refractivity (Wildman–Crippen MR) is 83.3 cm³/mol. The summed E-state index contributed by atoms with van der Waals surface area (Å²) in [6.07, 6.45) is 0. The van der Waals surface area contributed by atoms with Crippen molar-refractivity contribution in [1.29, 1.82) is 0 Å². The Morgan fingerprint density at radius 2 is 1.68 bits per heavy atom. The molecule has 2 fully saturated rings. The van der Waals surface area contributed by atoms with E-state index in [4.69, 9.17) is 18.9 Å². The van der Waals surface area contributed by atoms with Crippen LogP contribution in [0.4, 0.5) is 5.69 Å². The van der Waals surface area contributed by atoms with Gasteiger partial charge in [0, 0.05) is 39.0 Å². The van der Waals surface area contributed by atoms with Gasteiger partial charge in [0.1, 0.15) is 5.75 Å². The number of nitrogens with zero attached hydrogens (tertiary/aromatic N) is 2. The molecule has 0 spiro atoms. The third-order valence-corrected chi connectivity index (χ3v) is 4.16. The highest BCUT2D eigenvalue weighted by Gasteiger charge is 2.38. The molecule has 0 aliphatic carbocycles. The number of anilines is 1. The molecule has 6 nitrogen and oxygen atoms in total. The second kappa shape index (κ2) is 6.83. The molecule has 3 rings (SSSR count). The van der Waals surface area contributed by atoms with E-state index in [1.165, 1.54) is 5.69 Å². The summed E-state index contributed by atoms with van der Waals surface area (Å²) in [6, 6.07) is 8.14. The highest BCUT2D eigenvalue weighted by molar-refractivity contribution is 5.49. The van der Waals surface area contributed by atoms with Gasteiger partial charge in [-0.2, -0.15) is 0 Å². The third kappa shape index (κ3) is 3.52. The first-order chi connectivity index (χ1) is 10.7. The van der Waals surface area contributed by atoms with E-state index >= 15 is 0 Å². The molecule has 0 unspecified atom stereocenters. The van der Waals surface area contributed by atoms with Crippen molar-refractivity contribution in [3.63, 3.8) is 0 Å². The molecule has 122 valence electrons. The number of hydrogen-bond donors (Lipinski definition) is 0. The summed E-state index contributed by atoms with van der Waals surface area (Å²) >= 11 is 0. The van der Waals surface area contributed by atoms with Gasteiger partial charge >= 0.3 is 5.97 Å². The van der Waals surface area contributed by atoms with Crippen LogP contribution in [0.2, 0.25) is 0 Å². The molecule has 0 amide bonds. The highest BCUT2D eigenvalue weighted by atomic mass is 16.9. The van der Waals surface area contributed by atoms with Crippen LogP contribution in [-0.4, -0.2) is 71.0 Å². The molecule has 0 N–H and O–H groups in total. The van der Waals surface area contributed by atoms with E-state index in [0.717, 1.165) is 31.9 Å². The van der Waals surface area contributed by atoms with Crippen molar-refractivity contribution in [3.8, 4) is 5.75 Å². The summed E-state index contributed by atoms with van der Waals surface area (Å²) in [7, 11) is 3.72. The fourth-order valence-corrected chi connectivity index (χ4v) is 2.69. The summed E-state index contributed by atoms with van der Waals surface area (Å²) in [5.41, 5.74) is 1.23. The molecule has 0 aromatic heterocycles. The van der Waals surface area contributed by atoms with Crippen molar-refractivity contribution in [3.05, 3.63) is 24.3 Å². The van der Waals surface area contributed by atoms with E-state index in [-0.39, 0.29) is 6.61 Å². The lowest BCUT2D eigenvalue weighted by Crippen LogP contribution is -2.44. The van der Waals surface area contributed by atoms with Gasteiger partial charge in [0.2, 0.25) is 0 Å². The van der Waals surface area contributed by atoms with Crippen LogP contribution in [0.5, 0.6) is 5.75 Å². The van der Waals surface area contributed by atoms with Gasteiger partial charge in [-0.25, -0.2) is 0 Å². The Hall–Kier alpha value is -1.34. The van der Waals surface area contributed by atoms with Gasteiger partial charge in [0.05, 0.1) is 13.2 Å². The first-order valence-corrected chi connectivity index (χ1v) is 7.70. The quantitative estimate of drug-likeness (QED) is 0.813. The second-order valence-electron chi connectivity index (χ2n) is 5.66. The molecular formula is C16H24N2O4.